The SMILES string of the molecule is COc1ccc(S(=O)(=O)N[C@H]2CCCC[C@@H]2C(N)=O)c(C)c1C. The van der Waals surface area contributed by atoms with Gasteiger partial charge >= 0.3 is 0 Å². The number of carbonyl (C=O) groups is 1. The van der Waals surface area contributed by atoms with Gasteiger partial charge in [-0.15, -0.1) is 0 Å². The molecule has 1 aromatic carbocycles. The average Bonchev–Trinajstić information content (AvgIpc) is 2.49. The first-order valence-electron chi connectivity index (χ1n) is 7.73. The molecule has 3 N–H and O–H groups in total. The van der Waals surface area contributed by atoms with Gasteiger partial charge in [-0.25, -0.2) is 13.1 Å². The highest BCUT2D eigenvalue weighted by Crippen LogP contribution is 2.29. The Labute approximate surface area is 137 Å². The van der Waals surface area contributed by atoms with E-state index in [2.05, 4.69) is 4.72 Å². The van der Waals surface area contributed by atoms with E-state index in [1.807, 2.05) is 6.92 Å². The summed E-state index contributed by atoms with van der Waals surface area (Å²) in [7, 11) is -2.17. The van der Waals surface area contributed by atoms with Crippen molar-refractivity contribution in [2.24, 2.45) is 11.7 Å². The largest absolute Gasteiger partial charge is 0.496 e. The maximum atomic E-state index is 12.7. The summed E-state index contributed by atoms with van der Waals surface area (Å²) in [6.45, 7) is 3.57. The van der Waals surface area contributed by atoms with Crippen LogP contribution >= 0.6 is 0 Å². The molecule has 1 saturated carbocycles. The van der Waals surface area contributed by atoms with Crippen LogP contribution in [0, 0.1) is 19.8 Å². The molecule has 0 aromatic heterocycles. The van der Waals surface area contributed by atoms with Crippen LogP contribution in [0.2, 0.25) is 0 Å². The molecule has 2 atom stereocenters. The molecule has 0 radical (unpaired) electrons. The van der Waals surface area contributed by atoms with E-state index in [0.29, 0.717) is 24.2 Å². The van der Waals surface area contributed by atoms with Crippen LogP contribution in [0.15, 0.2) is 17.0 Å². The normalized spacial score (nSPS) is 21.9. The van der Waals surface area contributed by atoms with E-state index in [0.717, 1.165) is 18.4 Å². The lowest BCUT2D eigenvalue weighted by molar-refractivity contribution is -0.123. The lowest BCUT2D eigenvalue weighted by Crippen LogP contribution is -2.47. The van der Waals surface area contributed by atoms with Crippen molar-refractivity contribution < 1.29 is 17.9 Å². The standard InChI is InChI=1S/C16H24N2O4S/c1-10-11(2)15(9-8-14(10)22-3)23(20,21)18-13-7-5-4-6-12(13)16(17)19/h8-9,12-13,18H,4-7H2,1-3H3,(H2,17,19)/t12-,13-/m0/s1. The number of benzene rings is 1. The van der Waals surface area contributed by atoms with Crippen molar-refractivity contribution in [2.45, 2.75) is 50.5 Å². The van der Waals surface area contributed by atoms with Crippen LogP contribution in [-0.2, 0) is 14.8 Å². The average molecular weight is 340 g/mol. The second-order valence-electron chi connectivity index (χ2n) is 6.04. The fraction of sp³-hybridized carbons (Fsp3) is 0.562. The Hall–Kier alpha value is -1.60. The fourth-order valence-corrected chi connectivity index (χ4v) is 4.77. The number of sulfonamides is 1. The Bertz CT molecular complexity index is 700. The maximum Gasteiger partial charge on any atom is 0.241 e. The number of carbonyl (C=O) groups excluding carboxylic acids is 1. The van der Waals surface area contributed by atoms with Gasteiger partial charge in [-0.05, 0) is 49.9 Å². The number of amides is 1. The van der Waals surface area contributed by atoms with Crippen LogP contribution in [0.4, 0.5) is 0 Å². The van der Waals surface area contributed by atoms with E-state index >= 15 is 0 Å². The Morgan fingerprint density at radius 3 is 2.48 bits per heavy atom. The number of hydrogen-bond donors (Lipinski definition) is 2. The molecular formula is C16H24N2O4S. The topological polar surface area (TPSA) is 98.5 Å². The predicted octanol–water partition coefficient (Wildman–Crippen LogP) is 1.63. The lowest BCUT2D eigenvalue weighted by atomic mass is 9.85. The Morgan fingerprint density at radius 1 is 1.22 bits per heavy atom. The molecule has 0 heterocycles. The van der Waals surface area contributed by atoms with E-state index in [1.54, 1.807) is 20.1 Å². The number of methoxy groups -OCH3 is 1. The van der Waals surface area contributed by atoms with Gasteiger partial charge in [0.1, 0.15) is 5.75 Å². The van der Waals surface area contributed by atoms with Crippen LogP contribution in [0.1, 0.15) is 36.8 Å². The molecule has 0 aliphatic heterocycles. The molecule has 0 bridgehead atoms. The van der Waals surface area contributed by atoms with Gasteiger partial charge in [0.25, 0.3) is 0 Å². The molecule has 1 aliphatic carbocycles. The first kappa shape index (κ1) is 17.7. The van der Waals surface area contributed by atoms with Crippen molar-refractivity contribution in [3.8, 4) is 5.75 Å². The highest BCUT2D eigenvalue weighted by Gasteiger charge is 2.33. The van der Waals surface area contributed by atoms with Crippen molar-refractivity contribution in [1.29, 1.82) is 0 Å². The minimum absolute atomic E-state index is 0.213. The molecule has 1 fully saturated rings. The van der Waals surface area contributed by atoms with Crippen molar-refractivity contribution in [3.05, 3.63) is 23.3 Å². The molecule has 0 saturated heterocycles. The van der Waals surface area contributed by atoms with E-state index in [-0.39, 0.29) is 4.90 Å². The second kappa shape index (κ2) is 6.88. The van der Waals surface area contributed by atoms with Gasteiger partial charge in [0, 0.05) is 6.04 Å². The molecular weight excluding hydrogens is 316 g/mol. The van der Waals surface area contributed by atoms with Gasteiger partial charge in [-0.1, -0.05) is 12.8 Å². The quantitative estimate of drug-likeness (QED) is 0.851. The third-order valence-electron chi connectivity index (χ3n) is 4.64. The maximum absolute atomic E-state index is 12.7. The van der Waals surface area contributed by atoms with E-state index in [4.69, 9.17) is 10.5 Å². The number of ether oxygens (including phenoxy) is 1. The molecule has 1 aromatic rings. The minimum atomic E-state index is -3.72. The Balaban J connectivity index is 2.32. The van der Waals surface area contributed by atoms with Crippen LogP contribution in [0.3, 0.4) is 0 Å². The van der Waals surface area contributed by atoms with Crippen molar-refractivity contribution in [1.82, 2.24) is 4.72 Å². The molecule has 1 amide bonds. The number of hydrogen-bond acceptors (Lipinski definition) is 4. The van der Waals surface area contributed by atoms with Gasteiger partial charge in [0.05, 0.1) is 17.9 Å². The van der Waals surface area contributed by atoms with Crippen LogP contribution in [0.25, 0.3) is 0 Å². The Morgan fingerprint density at radius 2 is 1.87 bits per heavy atom. The van der Waals surface area contributed by atoms with Crippen LogP contribution in [-0.4, -0.2) is 27.5 Å². The van der Waals surface area contributed by atoms with Crippen LogP contribution in [0.5, 0.6) is 5.75 Å². The fourth-order valence-electron chi connectivity index (χ4n) is 3.16. The molecule has 7 heteroatoms. The predicted molar refractivity (Wildman–Crippen MR) is 87.7 cm³/mol. The van der Waals surface area contributed by atoms with Gasteiger partial charge in [-0.3, -0.25) is 4.79 Å². The van der Waals surface area contributed by atoms with E-state index in [9.17, 15) is 13.2 Å². The highest BCUT2D eigenvalue weighted by molar-refractivity contribution is 7.89. The lowest BCUT2D eigenvalue weighted by Gasteiger charge is -2.30. The first-order valence-corrected chi connectivity index (χ1v) is 9.22. The smallest absolute Gasteiger partial charge is 0.241 e. The van der Waals surface area contributed by atoms with Crippen molar-refractivity contribution in [2.75, 3.05) is 7.11 Å². The van der Waals surface area contributed by atoms with Crippen molar-refractivity contribution >= 4 is 15.9 Å². The van der Waals surface area contributed by atoms with Crippen LogP contribution < -0.4 is 15.2 Å². The van der Waals surface area contributed by atoms with Gasteiger partial charge in [0.2, 0.25) is 15.9 Å². The number of nitrogens with two attached hydrogens (primary N) is 1. The zero-order valence-corrected chi connectivity index (χ0v) is 14.6. The minimum Gasteiger partial charge on any atom is -0.496 e. The second-order valence-corrected chi connectivity index (χ2v) is 7.72. The first-order chi connectivity index (χ1) is 10.8. The zero-order chi connectivity index (χ0) is 17.2. The van der Waals surface area contributed by atoms with Crippen molar-refractivity contribution in [3.63, 3.8) is 0 Å². The monoisotopic (exact) mass is 340 g/mol. The Kier molecular flexibility index (Phi) is 5.31. The molecule has 0 unspecified atom stereocenters. The molecule has 128 valence electrons. The molecule has 6 nitrogen and oxygen atoms in total. The molecule has 1 aliphatic rings. The summed E-state index contributed by atoms with van der Waals surface area (Å²) in [5.41, 5.74) is 6.84. The van der Waals surface area contributed by atoms with Gasteiger partial charge in [0.15, 0.2) is 0 Å². The van der Waals surface area contributed by atoms with E-state index in [1.165, 1.54) is 6.07 Å². The summed E-state index contributed by atoms with van der Waals surface area (Å²) in [5, 5.41) is 0. The summed E-state index contributed by atoms with van der Waals surface area (Å²) in [5.74, 6) is -0.243. The third kappa shape index (κ3) is 3.67. The zero-order valence-electron chi connectivity index (χ0n) is 13.8. The summed E-state index contributed by atoms with van der Waals surface area (Å²) < 4.78 is 33.4. The van der Waals surface area contributed by atoms with Gasteiger partial charge in [-0.2, -0.15) is 0 Å². The molecule has 23 heavy (non-hydrogen) atoms. The van der Waals surface area contributed by atoms with Gasteiger partial charge < -0.3 is 10.5 Å². The third-order valence-corrected chi connectivity index (χ3v) is 6.27. The molecule has 2 rings (SSSR count). The summed E-state index contributed by atoms with van der Waals surface area (Å²) in [4.78, 5) is 11.8. The molecule has 0 spiro atoms. The number of rotatable bonds is 5. The summed E-state index contributed by atoms with van der Waals surface area (Å²) >= 11 is 0. The van der Waals surface area contributed by atoms with E-state index < -0.39 is 27.9 Å². The number of nitrogens with one attached hydrogen (secondary N) is 1. The number of primary amides is 1. The highest BCUT2D eigenvalue weighted by atomic mass is 32.2. The summed E-state index contributed by atoms with van der Waals surface area (Å²) in [6, 6.07) is 2.74. The summed E-state index contributed by atoms with van der Waals surface area (Å²) in [6.07, 6.45) is 3.04.